The number of aryl methyl sites for hydroxylation is 2. The largest absolute Gasteiger partial charge is 0.339 e. The fourth-order valence-corrected chi connectivity index (χ4v) is 3.14. The molecule has 2 aromatic rings. The van der Waals surface area contributed by atoms with Gasteiger partial charge in [-0.3, -0.25) is 9.48 Å². The molecule has 0 radical (unpaired) electrons. The number of pyridine rings is 1. The van der Waals surface area contributed by atoms with Crippen LogP contribution in [0.3, 0.4) is 0 Å². The summed E-state index contributed by atoms with van der Waals surface area (Å²) in [4.78, 5) is 18.8. The Morgan fingerprint density at radius 1 is 1.30 bits per heavy atom. The van der Waals surface area contributed by atoms with Crippen molar-refractivity contribution in [3.8, 4) is 0 Å². The van der Waals surface area contributed by atoms with Gasteiger partial charge in [0.25, 0.3) is 5.91 Å². The number of carbonyl (C=O) groups is 1. The van der Waals surface area contributed by atoms with E-state index in [1.54, 1.807) is 10.9 Å². The molecule has 3 rings (SSSR count). The van der Waals surface area contributed by atoms with Crippen molar-refractivity contribution >= 4 is 28.5 Å². The van der Waals surface area contributed by atoms with Gasteiger partial charge in [-0.2, -0.15) is 5.10 Å². The number of rotatable bonds is 1. The highest BCUT2D eigenvalue weighted by atomic mass is 35.5. The van der Waals surface area contributed by atoms with E-state index in [4.69, 9.17) is 11.6 Å². The van der Waals surface area contributed by atoms with Crippen LogP contribution >= 0.6 is 11.6 Å². The first-order valence-corrected chi connectivity index (χ1v) is 7.24. The smallest absolute Gasteiger partial charge is 0.256 e. The first-order chi connectivity index (χ1) is 9.59. The van der Waals surface area contributed by atoms with Crippen molar-refractivity contribution in [1.82, 2.24) is 19.7 Å². The number of hydrogen-bond donors (Lipinski definition) is 0. The van der Waals surface area contributed by atoms with Gasteiger partial charge in [0.15, 0.2) is 5.65 Å². The molecule has 106 valence electrons. The molecule has 1 aliphatic rings. The quantitative estimate of drug-likeness (QED) is 0.812. The molecular weight excluding hydrogens is 276 g/mol. The van der Waals surface area contributed by atoms with Crippen molar-refractivity contribution in [2.24, 2.45) is 7.05 Å². The van der Waals surface area contributed by atoms with Gasteiger partial charge in [0, 0.05) is 26.3 Å². The fraction of sp³-hybridized carbons (Fsp3) is 0.500. The van der Waals surface area contributed by atoms with Gasteiger partial charge in [-0.25, -0.2) is 4.98 Å². The number of fused-ring (bicyclic) bond motifs is 1. The van der Waals surface area contributed by atoms with Gasteiger partial charge < -0.3 is 4.90 Å². The van der Waals surface area contributed by atoms with E-state index in [2.05, 4.69) is 10.1 Å². The van der Waals surface area contributed by atoms with Gasteiger partial charge in [-0.1, -0.05) is 11.6 Å². The zero-order chi connectivity index (χ0) is 14.3. The van der Waals surface area contributed by atoms with Crippen molar-refractivity contribution < 1.29 is 4.79 Å². The molecule has 6 heteroatoms. The van der Waals surface area contributed by atoms with Crippen LogP contribution in [0.1, 0.15) is 35.3 Å². The second kappa shape index (κ2) is 5.05. The molecule has 0 bridgehead atoms. The monoisotopic (exact) mass is 292 g/mol. The van der Waals surface area contributed by atoms with E-state index in [1.807, 2.05) is 18.9 Å². The van der Waals surface area contributed by atoms with Gasteiger partial charge in [0.2, 0.25) is 0 Å². The Bertz CT molecular complexity index is 673. The third-order valence-electron chi connectivity index (χ3n) is 3.84. The summed E-state index contributed by atoms with van der Waals surface area (Å²) >= 11 is 6.43. The lowest BCUT2D eigenvalue weighted by Crippen LogP contribution is -2.35. The summed E-state index contributed by atoms with van der Waals surface area (Å²) in [6, 6.07) is 0. The van der Waals surface area contributed by atoms with Crippen LogP contribution in [0.25, 0.3) is 11.0 Å². The highest BCUT2D eigenvalue weighted by molar-refractivity contribution is 6.38. The SMILES string of the molecule is Cc1nn(C)c2ncc(C(=O)N3CCCCC3)c(Cl)c12. The Kier molecular flexibility index (Phi) is 3.38. The molecular formula is C14H17ClN4O. The molecule has 1 saturated heterocycles. The summed E-state index contributed by atoms with van der Waals surface area (Å²) in [6.07, 6.45) is 4.88. The summed E-state index contributed by atoms with van der Waals surface area (Å²) in [5.41, 5.74) is 1.99. The number of carbonyl (C=O) groups excluding carboxylic acids is 1. The number of amides is 1. The second-order valence-corrected chi connectivity index (χ2v) is 5.62. The number of aromatic nitrogens is 3. The maximum Gasteiger partial charge on any atom is 0.256 e. The minimum absolute atomic E-state index is 0.0210. The van der Waals surface area contributed by atoms with Gasteiger partial charge in [-0.15, -0.1) is 0 Å². The highest BCUT2D eigenvalue weighted by Crippen LogP contribution is 2.29. The van der Waals surface area contributed by atoms with Crippen molar-refractivity contribution in [3.63, 3.8) is 0 Å². The van der Waals surface area contributed by atoms with Crippen LogP contribution in [-0.2, 0) is 7.05 Å². The molecule has 3 heterocycles. The predicted molar refractivity (Wildman–Crippen MR) is 78.0 cm³/mol. The second-order valence-electron chi connectivity index (χ2n) is 5.25. The number of nitrogens with zero attached hydrogens (tertiary/aromatic N) is 4. The normalized spacial score (nSPS) is 15.8. The number of halogens is 1. The average Bonchev–Trinajstić information content (AvgIpc) is 2.75. The highest BCUT2D eigenvalue weighted by Gasteiger charge is 2.23. The molecule has 0 N–H and O–H groups in total. The number of hydrogen-bond acceptors (Lipinski definition) is 3. The van der Waals surface area contributed by atoms with E-state index in [9.17, 15) is 4.79 Å². The van der Waals surface area contributed by atoms with Crippen LogP contribution in [0.2, 0.25) is 5.02 Å². The van der Waals surface area contributed by atoms with Crippen molar-refractivity contribution in [2.75, 3.05) is 13.1 Å². The molecule has 0 spiro atoms. The first kappa shape index (κ1) is 13.4. The van der Waals surface area contributed by atoms with E-state index in [-0.39, 0.29) is 5.91 Å². The van der Waals surface area contributed by atoms with Crippen molar-refractivity contribution in [3.05, 3.63) is 22.5 Å². The summed E-state index contributed by atoms with van der Waals surface area (Å²) in [5, 5.41) is 5.55. The lowest BCUT2D eigenvalue weighted by Gasteiger charge is -2.27. The van der Waals surface area contributed by atoms with Crippen LogP contribution in [0, 0.1) is 6.92 Å². The zero-order valence-corrected chi connectivity index (χ0v) is 12.4. The van der Waals surface area contributed by atoms with Crippen molar-refractivity contribution in [1.29, 1.82) is 0 Å². The van der Waals surface area contributed by atoms with E-state index < -0.39 is 0 Å². The lowest BCUT2D eigenvalue weighted by molar-refractivity contribution is 0.0724. The maximum atomic E-state index is 12.6. The van der Waals surface area contributed by atoms with E-state index in [1.165, 1.54) is 6.42 Å². The van der Waals surface area contributed by atoms with Crippen LogP contribution in [0.5, 0.6) is 0 Å². The standard InChI is InChI=1S/C14H17ClN4O/c1-9-11-12(15)10(8-16-13(11)18(2)17-9)14(20)19-6-4-3-5-7-19/h8H,3-7H2,1-2H3. The van der Waals surface area contributed by atoms with E-state index in [0.717, 1.165) is 37.0 Å². The van der Waals surface area contributed by atoms with Crippen molar-refractivity contribution in [2.45, 2.75) is 26.2 Å². The Hall–Kier alpha value is -1.62. The number of likely N-dealkylation sites (tertiary alicyclic amines) is 1. The minimum Gasteiger partial charge on any atom is -0.339 e. The predicted octanol–water partition coefficient (Wildman–Crippen LogP) is 2.56. The number of piperidine rings is 1. The van der Waals surface area contributed by atoms with Crippen LogP contribution < -0.4 is 0 Å². The molecule has 1 amide bonds. The van der Waals surface area contributed by atoms with Gasteiger partial charge in [0.05, 0.1) is 21.7 Å². The molecule has 1 aliphatic heterocycles. The van der Waals surface area contributed by atoms with E-state index in [0.29, 0.717) is 16.2 Å². The van der Waals surface area contributed by atoms with Crippen LogP contribution in [-0.4, -0.2) is 38.7 Å². The van der Waals surface area contributed by atoms with Gasteiger partial charge in [0.1, 0.15) is 0 Å². The van der Waals surface area contributed by atoms with Gasteiger partial charge in [-0.05, 0) is 26.2 Å². The topological polar surface area (TPSA) is 51.0 Å². The molecule has 0 atom stereocenters. The Labute approximate surface area is 122 Å². The summed E-state index contributed by atoms with van der Waals surface area (Å²) in [7, 11) is 1.82. The lowest BCUT2D eigenvalue weighted by atomic mass is 10.1. The summed E-state index contributed by atoms with van der Waals surface area (Å²) < 4.78 is 1.69. The average molecular weight is 293 g/mol. The third kappa shape index (κ3) is 2.06. The molecule has 0 saturated carbocycles. The molecule has 20 heavy (non-hydrogen) atoms. The fourth-order valence-electron chi connectivity index (χ4n) is 2.78. The molecule has 0 aliphatic carbocycles. The molecule has 0 aromatic carbocycles. The van der Waals surface area contributed by atoms with Crippen LogP contribution in [0.15, 0.2) is 6.20 Å². The van der Waals surface area contributed by atoms with Crippen LogP contribution in [0.4, 0.5) is 0 Å². The van der Waals surface area contributed by atoms with E-state index >= 15 is 0 Å². The third-order valence-corrected chi connectivity index (χ3v) is 4.23. The Balaban J connectivity index is 2.05. The first-order valence-electron chi connectivity index (χ1n) is 6.86. The zero-order valence-electron chi connectivity index (χ0n) is 11.7. The molecule has 5 nitrogen and oxygen atoms in total. The maximum absolute atomic E-state index is 12.6. The summed E-state index contributed by atoms with van der Waals surface area (Å²) in [6.45, 7) is 3.49. The summed E-state index contributed by atoms with van der Waals surface area (Å²) in [5.74, 6) is -0.0210. The molecule has 0 unspecified atom stereocenters. The minimum atomic E-state index is -0.0210. The molecule has 1 fully saturated rings. The molecule has 2 aromatic heterocycles. The Morgan fingerprint density at radius 3 is 2.70 bits per heavy atom. The van der Waals surface area contributed by atoms with Gasteiger partial charge >= 0.3 is 0 Å². The Morgan fingerprint density at radius 2 is 2.00 bits per heavy atom.